The summed E-state index contributed by atoms with van der Waals surface area (Å²) in [5, 5.41) is 9.53. The van der Waals surface area contributed by atoms with E-state index in [9.17, 15) is 9.18 Å². The lowest BCUT2D eigenvalue weighted by Crippen LogP contribution is -2.47. The molecule has 0 spiro atoms. The number of halogens is 2. The molecular weight excluding hydrogens is 520 g/mol. The summed E-state index contributed by atoms with van der Waals surface area (Å²) < 4.78 is 14.3. The van der Waals surface area contributed by atoms with Gasteiger partial charge in [0.2, 0.25) is 5.91 Å². The number of nitrogens with one attached hydrogen (secondary N) is 3. The molecular formula is C24H31FIN5O. The fourth-order valence-corrected chi connectivity index (χ4v) is 4.02. The third kappa shape index (κ3) is 5.90. The van der Waals surface area contributed by atoms with Crippen LogP contribution in [0, 0.1) is 5.82 Å². The molecule has 1 aliphatic heterocycles. The van der Waals surface area contributed by atoms with Crippen molar-refractivity contribution in [3.63, 3.8) is 0 Å². The van der Waals surface area contributed by atoms with E-state index in [-0.39, 0.29) is 41.1 Å². The second kappa shape index (κ2) is 11.0. The van der Waals surface area contributed by atoms with Crippen LogP contribution < -0.4 is 20.9 Å². The second-order valence-electron chi connectivity index (χ2n) is 8.25. The van der Waals surface area contributed by atoms with E-state index in [0.29, 0.717) is 26.2 Å². The number of hydrogen-bond donors (Lipinski definition) is 3. The zero-order chi connectivity index (χ0) is 21.7. The zero-order valence-electron chi connectivity index (χ0n) is 18.4. The molecule has 0 atom stereocenters. The van der Waals surface area contributed by atoms with Crippen LogP contribution in [-0.2, 0) is 16.8 Å². The molecule has 2 fully saturated rings. The maximum atomic E-state index is 14.3. The van der Waals surface area contributed by atoms with Crippen molar-refractivity contribution in [1.29, 1.82) is 0 Å². The summed E-state index contributed by atoms with van der Waals surface area (Å²) >= 11 is 0. The molecule has 1 heterocycles. The highest BCUT2D eigenvalue weighted by molar-refractivity contribution is 14.0. The van der Waals surface area contributed by atoms with Crippen LogP contribution in [0.2, 0.25) is 0 Å². The number of rotatable bonds is 7. The Hall–Kier alpha value is -2.36. The highest BCUT2D eigenvalue weighted by Gasteiger charge is 2.45. The minimum Gasteiger partial charge on any atom is -0.360 e. The molecule has 0 unspecified atom stereocenters. The lowest BCUT2D eigenvalue weighted by Gasteiger charge is -2.28. The number of guanidine groups is 1. The van der Waals surface area contributed by atoms with Crippen LogP contribution in [0.1, 0.15) is 30.9 Å². The molecule has 2 aromatic rings. The Morgan fingerprint density at radius 3 is 2.56 bits per heavy atom. The van der Waals surface area contributed by atoms with Gasteiger partial charge in [-0.15, -0.1) is 24.0 Å². The molecule has 6 nitrogen and oxygen atoms in total. The summed E-state index contributed by atoms with van der Waals surface area (Å²) in [6.45, 7) is 5.89. The predicted octanol–water partition coefficient (Wildman–Crippen LogP) is 3.17. The lowest BCUT2D eigenvalue weighted by molar-refractivity contribution is -0.120. The molecule has 0 bridgehead atoms. The van der Waals surface area contributed by atoms with Gasteiger partial charge in [-0.1, -0.05) is 30.3 Å². The van der Waals surface area contributed by atoms with Crippen LogP contribution in [0.25, 0.3) is 0 Å². The highest BCUT2D eigenvalue weighted by atomic mass is 127. The summed E-state index contributed by atoms with van der Waals surface area (Å²) in [5.74, 6) is 0.669. The number of anilines is 1. The van der Waals surface area contributed by atoms with Crippen molar-refractivity contribution in [2.75, 3.05) is 37.6 Å². The average molecular weight is 551 g/mol. The van der Waals surface area contributed by atoms with Gasteiger partial charge in [-0.2, -0.15) is 0 Å². The summed E-state index contributed by atoms with van der Waals surface area (Å²) in [6.07, 6.45) is 1.96. The average Bonchev–Trinajstić information content (AvgIpc) is 3.57. The van der Waals surface area contributed by atoms with E-state index >= 15 is 0 Å². The second-order valence-corrected chi connectivity index (χ2v) is 8.25. The molecule has 3 N–H and O–H groups in total. The van der Waals surface area contributed by atoms with Crippen molar-refractivity contribution < 1.29 is 9.18 Å². The molecule has 8 heteroatoms. The van der Waals surface area contributed by atoms with E-state index in [1.807, 2.05) is 31.2 Å². The van der Waals surface area contributed by atoms with Crippen molar-refractivity contribution >= 4 is 41.5 Å². The standard InChI is InChI=1S/C24H30FN5O.HI/c1-2-26-23(29-17-24(11-12-24)20-5-3-4-6-21(20)25)28-15-18-7-9-19(10-8-18)30-14-13-27-22(31)16-30;/h3-10H,2,11-17H2,1H3,(H,27,31)(H2,26,28,29);1H. The first kappa shape index (κ1) is 24.3. The van der Waals surface area contributed by atoms with E-state index in [1.165, 1.54) is 6.07 Å². The zero-order valence-corrected chi connectivity index (χ0v) is 20.7. The van der Waals surface area contributed by atoms with Gasteiger partial charge in [0.25, 0.3) is 0 Å². The van der Waals surface area contributed by atoms with Crippen LogP contribution in [0.3, 0.4) is 0 Å². The van der Waals surface area contributed by atoms with Crippen LogP contribution >= 0.6 is 24.0 Å². The van der Waals surface area contributed by atoms with Crippen LogP contribution in [0.15, 0.2) is 53.5 Å². The summed E-state index contributed by atoms with van der Waals surface area (Å²) in [7, 11) is 0. The van der Waals surface area contributed by atoms with E-state index in [0.717, 1.165) is 48.7 Å². The van der Waals surface area contributed by atoms with Gasteiger partial charge in [0.05, 0.1) is 13.1 Å². The van der Waals surface area contributed by atoms with Gasteiger partial charge in [-0.25, -0.2) is 9.38 Å². The first-order chi connectivity index (χ1) is 15.1. The van der Waals surface area contributed by atoms with E-state index < -0.39 is 0 Å². The number of carbonyl (C=O) groups excluding carboxylic acids is 1. The molecule has 32 heavy (non-hydrogen) atoms. The van der Waals surface area contributed by atoms with Crippen molar-refractivity contribution in [1.82, 2.24) is 16.0 Å². The smallest absolute Gasteiger partial charge is 0.239 e. The Morgan fingerprint density at radius 1 is 1.16 bits per heavy atom. The van der Waals surface area contributed by atoms with E-state index in [2.05, 4.69) is 33.0 Å². The number of piperazine rings is 1. The Bertz CT molecular complexity index is 946. The van der Waals surface area contributed by atoms with Crippen molar-refractivity contribution in [3.05, 3.63) is 65.5 Å². The SMILES string of the molecule is CCNC(=NCc1ccc(N2CCNC(=O)C2)cc1)NCC1(c2ccccc2F)CC1.I. The van der Waals surface area contributed by atoms with Crippen LogP contribution in [-0.4, -0.2) is 44.6 Å². The Balaban J connectivity index is 0.00000289. The quantitative estimate of drug-likeness (QED) is 0.281. The summed E-state index contributed by atoms with van der Waals surface area (Å²) in [5.41, 5.74) is 2.80. The van der Waals surface area contributed by atoms with E-state index in [1.54, 1.807) is 6.07 Å². The van der Waals surface area contributed by atoms with Gasteiger partial charge in [-0.05, 0) is 49.1 Å². The molecule has 1 amide bonds. The predicted molar refractivity (Wildman–Crippen MR) is 137 cm³/mol. The van der Waals surface area contributed by atoms with Gasteiger partial charge < -0.3 is 20.9 Å². The van der Waals surface area contributed by atoms with Gasteiger partial charge in [0, 0.05) is 37.3 Å². The van der Waals surface area contributed by atoms with Gasteiger partial charge in [-0.3, -0.25) is 4.79 Å². The normalized spacial score (nSPS) is 17.2. The van der Waals surface area contributed by atoms with Crippen LogP contribution in [0.4, 0.5) is 10.1 Å². The molecule has 2 aromatic carbocycles. The van der Waals surface area contributed by atoms with Crippen molar-refractivity contribution in [3.8, 4) is 0 Å². The fourth-order valence-electron chi connectivity index (χ4n) is 4.02. The molecule has 0 aromatic heterocycles. The first-order valence-electron chi connectivity index (χ1n) is 11.0. The van der Waals surface area contributed by atoms with Gasteiger partial charge in [0.15, 0.2) is 5.96 Å². The maximum Gasteiger partial charge on any atom is 0.239 e. The van der Waals surface area contributed by atoms with Gasteiger partial charge >= 0.3 is 0 Å². The minimum atomic E-state index is -0.135. The Kier molecular flexibility index (Phi) is 8.33. The molecule has 4 rings (SSSR count). The molecule has 172 valence electrons. The van der Waals surface area contributed by atoms with Gasteiger partial charge in [0.1, 0.15) is 5.82 Å². The molecule has 1 saturated carbocycles. The summed E-state index contributed by atoms with van der Waals surface area (Å²) in [6, 6.07) is 15.3. The molecule has 0 radical (unpaired) electrons. The topological polar surface area (TPSA) is 68.8 Å². The lowest BCUT2D eigenvalue weighted by atomic mass is 9.95. The monoisotopic (exact) mass is 551 g/mol. The molecule has 1 saturated heterocycles. The molecule has 1 aliphatic carbocycles. The maximum absolute atomic E-state index is 14.3. The molecule has 2 aliphatic rings. The number of hydrogen-bond acceptors (Lipinski definition) is 3. The van der Waals surface area contributed by atoms with Crippen molar-refractivity contribution in [2.45, 2.75) is 31.7 Å². The number of nitrogens with zero attached hydrogens (tertiary/aromatic N) is 2. The third-order valence-corrected chi connectivity index (χ3v) is 6.00. The summed E-state index contributed by atoms with van der Waals surface area (Å²) in [4.78, 5) is 18.4. The van der Waals surface area contributed by atoms with Crippen LogP contribution in [0.5, 0.6) is 0 Å². The fraction of sp³-hybridized carbons (Fsp3) is 0.417. The third-order valence-electron chi connectivity index (χ3n) is 6.00. The van der Waals surface area contributed by atoms with Crippen molar-refractivity contribution in [2.24, 2.45) is 4.99 Å². The largest absolute Gasteiger partial charge is 0.360 e. The van der Waals surface area contributed by atoms with E-state index in [4.69, 9.17) is 4.99 Å². The Labute approximate surface area is 206 Å². The number of amides is 1. The number of benzene rings is 2. The Morgan fingerprint density at radius 2 is 1.91 bits per heavy atom. The highest BCUT2D eigenvalue weighted by Crippen LogP contribution is 2.48. The number of carbonyl (C=O) groups is 1. The number of aliphatic imine (C=N–C) groups is 1. The first-order valence-corrected chi connectivity index (χ1v) is 11.0. The minimum absolute atomic E-state index is 0.